The fourth-order valence-corrected chi connectivity index (χ4v) is 2.65. The van der Waals surface area contributed by atoms with E-state index in [1.54, 1.807) is 18.2 Å². The van der Waals surface area contributed by atoms with Crippen LogP contribution in [-0.2, 0) is 16.0 Å². The number of carbonyl (C=O) groups excluding carboxylic acids is 2. The van der Waals surface area contributed by atoms with Gasteiger partial charge in [0.25, 0.3) is 5.91 Å². The van der Waals surface area contributed by atoms with Crippen molar-refractivity contribution in [3.05, 3.63) is 64.1 Å². The van der Waals surface area contributed by atoms with Crippen LogP contribution in [0.3, 0.4) is 0 Å². The fraction of sp³-hybridized carbons (Fsp3) is 0.222. The lowest BCUT2D eigenvalue weighted by Gasteiger charge is -2.17. The van der Waals surface area contributed by atoms with Gasteiger partial charge in [-0.1, -0.05) is 59.6 Å². The summed E-state index contributed by atoms with van der Waals surface area (Å²) in [6.45, 7) is 1.17. The standard InChI is InChI=1S/C18H17Cl2NO3/c1-12(22)16(10-13-6-3-2-4-7-13)21-17(23)11-24-18-14(19)8-5-9-15(18)20/h2-9,16H,10-11H2,1H3,(H,21,23)/t16-/m0/s1. The first-order chi connectivity index (χ1) is 11.5. The minimum atomic E-state index is -0.606. The maximum Gasteiger partial charge on any atom is 0.258 e. The van der Waals surface area contributed by atoms with Crippen molar-refractivity contribution in [1.82, 2.24) is 5.32 Å². The number of ketones is 1. The molecule has 1 N–H and O–H groups in total. The molecule has 0 aliphatic heterocycles. The number of hydrogen-bond donors (Lipinski definition) is 1. The minimum absolute atomic E-state index is 0.122. The second-order valence-electron chi connectivity index (χ2n) is 5.26. The van der Waals surface area contributed by atoms with Crippen molar-refractivity contribution in [3.8, 4) is 5.75 Å². The zero-order valence-corrected chi connectivity index (χ0v) is 14.6. The monoisotopic (exact) mass is 365 g/mol. The summed E-state index contributed by atoms with van der Waals surface area (Å²) in [5.74, 6) is -0.288. The maximum absolute atomic E-state index is 12.1. The normalized spacial score (nSPS) is 11.6. The average molecular weight is 366 g/mol. The molecule has 0 saturated heterocycles. The van der Waals surface area contributed by atoms with Crippen LogP contribution < -0.4 is 10.1 Å². The number of ether oxygens (including phenoxy) is 1. The van der Waals surface area contributed by atoms with E-state index in [0.717, 1.165) is 5.56 Å². The van der Waals surface area contributed by atoms with Gasteiger partial charge in [0.2, 0.25) is 0 Å². The molecule has 2 rings (SSSR count). The van der Waals surface area contributed by atoms with E-state index in [-0.39, 0.29) is 18.1 Å². The van der Waals surface area contributed by atoms with Crippen LogP contribution in [0.15, 0.2) is 48.5 Å². The molecule has 0 aliphatic carbocycles. The van der Waals surface area contributed by atoms with Gasteiger partial charge in [-0.05, 0) is 31.0 Å². The molecule has 0 unspecified atom stereocenters. The summed E-state index contributed by atoms with van der Waals surface area (Å²) >= 11 is 12.0. The van der Waals surface area contributed by atoms with Gasteiger partial charge in [-0.15, -0.1) is 0 Å². The van der Waals surface area contributed by atoms with E-state index in [1.165, 1.54) is 6.92 Å². The van der Waals surface area contributed by atoms with Crippen molar-refractivity contribution in [2.24, 2.45) is 0 Å². The topological polar surface area (TPSA) is 55.4 Å². The van der Waals surface area contributed by atoms with Crippen LogP contribution in [0.25, 0.3) is 0 Å². The zero-order chi connectivity index (χ0) is 17.5. The lowest BCUT2D eigenvalue weighted by Crippen LogP contribution is -2.43. The Hall–Kier alpha value is -2.04. The number of halogens is 2. The number of benzene rings is 2. The van der Waals surface area contributed by atoms with E-state index in [4.69, 9.17) is 27.9 Å². The first kappa shape index (κ1) is 18.3. The Labute approximate surface area is 150 Å². The van der Waals surface area contributed by atoms with E-state index in [1.807, 2.05) is 30.3 Å². The lowest BCUT2D eigenvalue weighted by molar-refractivity contribution is -0.128. The van der Waals surface area contributed by atoms with Gasteiger partial charge in [0.05, 0.1) is 16.1 Å². The molecule has 24 heavy (non-hydrogen) atoms. The molecule has 6 heteroatoms. The molecular formula is C18H17Cl2NO3. The summed E-state index contributed by atoms with van der Waals surface area (Å²) in [5.41, 5.74) is 0.966. The molecule has 1 atom stereocenters. The first-order valence-electron chi connectivity index (χ1n) is 7.38. The van der Waals surface area contributed by atoms with Crippen LogP contribution in [0.5, 0.6) is 5.75 Å². The highest BCUT2D eigenvalue weighted by Crippen LogP contribution is 2.32. The molecule has 0 heterocycles. The number of amides is 1. The Morgan fingerprint density at radius 2 is 1.67 bits per heavy atom. The quantitative estimate of drug-likeness (QED) is 0.813. The predicted molar refractivity (Wildman–Crippen MR) is 94.7 cm³/mol. The van der Waals surface area contributed by atoms with Crippen molar-refractivity contribution in [3.63, 3.8) is 0 Å². The van der Waals surface area contributed by atoms with Gasteiger partial charge in [0.15, 0.2) is 18.1 Å². The molecule has 0 fully saturated rings. The lowest BCUT2D eigenvalue weighted by atomic mass is 10.0. The van der Waals surface area contributed by atoms with Crippen molar-refractivity contribution < 1.29 is 14.3 Å². The molecule has 126 valence electrons. The van der Waals surface area contributed by atoms with Crippen LogP contribution >= 0.6 is 23.2 Å². The Morgan fingerprint density at radius 3 is 2.25 bits per heavy atom. The number of nitrogens with one attached hydrogen (secondary N) is 1. The van der Waals surface area contributed by atoms with E-state index < -0.39 is 11.9 Å². The van der Waals surface area contributed by atoms with Gasteiger partial charge in [0, 0.05) is 0 Å². The van der Waals surface area contributed by atoms with E-state index >= 15 is 0 Å². The molecule has 2 aromatic rings. The summed E-state index contributed by atoms with van der Waals surface area (Å²) in [4.78, 5) is 23.8. The van der Waals surface area contributed by atoms with Crippen LogP contribution in [-0.4, -0.2) is 24.3 Å². The number of para-hydroxylation sites is 1. The second kappa shape index (κ2) is 8.71. The third kappa shape index (κ3) is 5.25. The molecule has 4 nitrogen and oxygen atoms in total. The fourth-order valence-electron chi connectivity index (χ4n) is 2.14. The third-order valence-electron chi connectivity index (χ3n) is 3.38. The Morgan fingerprint density at radius 1 is 1.04 bits per heavy atom. The molecule has 2 aromatic carbocycles. The van der Waals surface area contributed by atoms with Crippen molar-refractivity contribution >= 4 is 34.9 Å². The molecule has 0 radical (unpaired) electrons. The van der Waals surface area contributed by atoms with Gasteiger partial charge in [-0.2, -0.15) is 0 Å². The highest BCUT2D eigenvalue weighted by Gasteiger charge is 2.18. The van der Waals surface area contributed by atoms with E-state index in [0.29, 0.717) is 16.5 Å². The van der Waals surface area contributed by atoms with Crippen LogP contribution in [0.2, 0.25) is 10.0 Å². The number of carbonyl (C=O) groups is 2. The number of rotatable bonds is 7. The van der Waals surface area contributed by atoms with Gasteiger partial charge < -0.3 is 10.1 Å². The van der Waals surface area contributed by atoms with Crippen LogP contribution in [0.1, 0.15) is 12.5 Å². The Bertz CT molecular complexity index is 699. The molecule has 0 bridgehead atoms. The largest absolute Gasteiger partial charge is 0.481 e. The summed E-state index contributed by atoms with van der Waals surface area (Å²) < 4.78 is 5.37. The molecule has 0 aliphatic rings. The second-order valence-corrected chi connectivity index (χ2v) is 6.07. The van der Waals surface area contributed by atoms with Crippen molar-refractivity contribution in [2.45, 2.75) is 19.4 Å². The Kier molecular flexibility index (Phi) is 6.64. The zero-order valence-electron chi connectivity index (χ0n) is 13.1. The molecule has 1 amide bonds. The summed E-state index contributed by atoms with van der Waals surface area (Å²) in [6.07, 6.45) is 0.425. The molecular weight excluding hydrogens is 349 g/mol. The molecule has 0 spiro atoms. The van der Waals surface area contributed by atoms with Gasteiger partial charge in [-0.25, -0.2) is 0 Å². The van der Waals surface area contributed by atoms with Gasteiger partial charge in [0.1, 0.15) is 0 Å². The first-order valence-corrected chi connectivity index (χ1v) is 8.13. The molecule has 0 saturated carbocycles. The van der Waals surface area contributed by atoms with E-state index in [9.17, 15) is 9.59 Å². The summed E-state index contributed by atoms with van der Waals surface area (Å²) in [7, 11) is 0. The third-order valence-corrected chi connectivity index (χ3v) is 3.97. The van der Waals surface area contributed by atoms with Crippen LogP contribution in [0.4, 0.5) is 0 Å². The average Bonchev–Trinajstić information content (AvgIpc) is 2.54. The van der Waals surface area contributed by atoms with Gasteiger partial charge in [-0.3, -0.25) is 9.59 Å². The summed E-state index contributed by atoms with van der Waals surface area (Å²) in [5, 5.41) is 3.32. The van der Waals surface area contributed by atoms with Crippen molar-refractivity contribution in [1.29, 1.82) is 0 Å². The number of Topliss-reactive ketones (excluding diaryl/α,β-unsaturated/α-hetero) is 1. The predicted octanol–water partition coefficient (Wildman–Crippen LogP) is 3.69. The van der Waals surface area contributed by atoms with Crippen molar-refractivity contribution in [2.75, 3.05) is 6.61 Å². The summed E-state index contributed by atoms with van der Waals surface area (Å²) in [6, 6.07) is 13.8. The van der Waals surface area contributed by atoms with E-state index in [2.05, 4.69) is 5.32 Å². The molecule has 0 aromatic heterocycles. The number of hydrogen-bond acceptors (Lipinski definition) is 3. The highest BCUT2D eigenvalue weighted by molar-refractivity contribution is 6.37. The minimum Gasteiger partial charge on any atom is -0.481 e. The highest BCUT2D eigenvalue weighted by atomic mass is 35.5. The maximum atomic E-state index is 12.1. The van der Waals surface area contributed by atoms with Gasteiger partial charge >= 0.3 is 0 Å². The smallest absolute Gasteiger partial charge is 0.258 e. The van der Waals surface area contributed by atoms with Crippen LogP contribution in [0, 0.1) is 0 Å². The SMILES string of the molecule is CC(=O)[C@H](Cc1ccccc1)NC(=O)COc1c(Cl)cccc1Cl. The Balaban J connectivity index is 1.95.